The molecule has 86 valence electrons. The molecular weight excluding hydrogens is 200 g/mol. The predicted octanol–water partition coefficient (Wildman–Crippen LogP) is 1.53. The second kappa shape index (κ2) is 4.56. The molecule has 1 aromatic carbocycles. The van der Waals surface area contributed by atoms with Crippen LogP contribution in [0.15, 0.2) is 24.3 Å². The molecule has 0 atom stereocenters. The van der Waals surface area contributed by atoms with Gasteiger partial charge in [0.25, 0.3) is 0 Å². The van der Waals surface area contributed by atoms with Gasteiger partial charge in [0.1, 0.15) is 0 Å². The molecule has 0 aliphatic carbocycles. The van der Waals surface area contributed by atoms with Crippen molar-refractivity contribution in [1.29, 1.82) is 0 Å². The van der Waals surface area contributed by atoms with E-state index in [1.807, 2.05) is 13.1 Å². The lowest BCUT2D eigenvalue weighted by molar-refractivity contribution is -0.129. The molecule has 1 amide bonds. The highest BCUT2D eigenvalue weighted by Gasteiger charge is 2.21. The summed E-state index contributed by atoms with van der Waals surface area (Å²) in [5.74, 6) is 0.206. The molecule has 16 heavy (non-hydrogen) atoms. The van der Waals surface area contributed by atoms with Gasteiger partial charge in [-0.3, -0.25) is 4.79 Å². The number of benzene rings is 1. The van der Waals surface area contributed by atoms with Gasteiger partial charge in [0, 0.05) is 25.8 Å². The Hall–Kier alpha value is -1.51. The molecule has 1 aromatic rings. The number of piperazine rings is 1. The molecule has 1 aliphatic heterocycles. The molecule has 0 N–H and O–H groups in total. The number of para-hydroxylation sites is 1. The first-order valence-corrected chi connectivity index (χ1v) is 5.79. The number of carbonyl (C=O) groups is 1. The lowest BCUT2D eigenvalue weighted by atomic mass is 10.1. The Morgan fingerprint density at radius 3 is 2.69 bits per heavy atom. The molecule has 0 radical (unpaired) electrons. The average molecular weight is 218 g/mol. The number of rotatable bonds is 2. The van der Waals surface area contributed by atoms with Crippen LogP contribution in [0.1, 0.15) is 12.5 Å². The number of nitrogens with zero attached hydrogens (tertiary/aromatic N) is 2. The monoisotopic (exact) mass is 218 g/mol. The maximum Gasteiger partial charge on any atom is 0.241 e. The third kappa shape index (κ3) is 2.03. The van der Waals surface area contributed by atoms with E-state index in [2.05, 4.69) is 30.0 Å². The molecular formula is C13H18N2O. The van der Waals surface area contributed by atoms with E-state index in [0.29, 0.717) is 6.54 Å². The summed E-state index contributed by atoms with van der Waals surface area (Å²) in [6, 6.07) is 8.34. The molecule has 1 heterocycles. The van der Waals surface area contributed by atoms with Gasteiger partial charge in [0.2, 0.25) is 5.91 Å². The Morgan fingerprint density at radius 2 is 2.00 bits per heavy atom. The fraction of sp³-hybridized carbons (Fsp3) is 0.462. The smallest absolute Gasteiger partial charge is 0.241 e. The largest absolute Gasteiger partial charge is 0.360 e. The van der Waals surface area contributed by atoms with Crippen LogP contribution in [0.5, 0.6) is 0 Å². The molecule has 1 aliphatic rings. The van der Waals surface area contributed by atoms with Crippen molar-refractivity contribution in [2.45, 2.75) is 13.3 Å². The molecule has 0 unspecified atom stereocenters. The maximum absolute atomic E-state index is 11.7. The first kappa shape index (κ1) is 11.0. The fourth-order valence-corrected chi connectivity index (χ4v) is 2.08. The van der Waals surface area contributed by atoms with E-state index in [4.69, 9.17) is 0 Å². The highest BCUT2D eigenvalue weighted by atomic mass is 16.2. The summed E-state index contributed by atoms with van der Waals surface area (Å²) in [5, 5.41) is 0. The number of amides is 1. The Morgan fingerprint density at radius 1 is 1.25 bits per heavy atom. The van der Waals surface area contributed by atoms with Crippen LogP contribution < -0.4 is 4.90 Å². The lowest BCUT2D eigenvalue weighted by Gasteiger charge is -2.34. The van der Waals surface area contributed by atoms with Crippen molar-refractivity contribution >= 4 is 11.6 Å². The number of carbonyl (C=O) groups excluding carboxylic acids is 1. The molecule has 3 nitrogen and oxygen atoms in total. The molecule has 2 rings (SSSR count). The van der Waals surface area contributed by atoms with Crippen LogP contribution in [0, 0.1) is 0 Å². The van der Waals surface area contributed by atoms with Gasteiger partial charge in [-0.2, -0.15) is 0 Å². The number of anilines is 1. The second-order valence-corrected chi connectivity index (χ2v) is 4.22. The zero-order valence-electron chi connectivity index (χ0n) is 9.94. The van der Waals surface area contributed by atoms with Crippen molar-refractivity contribution in [1.82, 2.24) is 4.90 Å². The standard InChI is InChI=1S/C13H18N2O/c1-3-11-6-4-5-7-12(11)15-9-8-14(2)13(16)10-15/h4-7H,3,8-10H2,1-2H3. The van der Waals surface area contributed by atoms with Crippen LogP contribution in [0.3, 0.4) is 0 Å². The highest BCUT2D eigenvalue weighted by Crippen LogP contribution is 2.22. The summed E-state index contributed by atoms with van der Waals surface area (Å²) in [6.07, 6.45) is 1.01. The van der Waals surface area contributed by atoms with Crippen molar-refractivity contribution in [2.24, 2.45) is 0 Å². The lowest BCUT2D eigenvalue weighted by Crippen LogP contribution is -2.48. The number of hydrogen-bond donors (Lipinski definition) is 0. The predicted molar refractivity (Wildman–Crippen MR) is 65.7 cm³/mol. The average Bonchev–Trinajstić information content (AvgIpc) is 2.32. The van der Waals surface area contributed by atoms with Crippen molar-refractivity contribution in [3.63, 3.8) is 0 Å². The van der Waals surface area contributed by atoms with Crippen molar-refractivity contribution in [3.8, 4) is 0 Å². The van der Waals surface area contributed by atoms with E-state index in [-0.39, 0.29) is 5.91 Å². The van der Waals surface area contributed by atoms with E-state index in [9.17, 15) is 4.79 Å². The van der Waals surface area contributed by atoms with Gasteiger partial charge in [-0.15, -0.1) is 0 Å². The summed E-state index contributed by atoms with van der Waals surface area (Å²) in [7, 11) is 1.87. The van der Waals surface area contributed by atoms with E-state index < -0.39 is 0 Å². The van der Waals surface area contributed by atoms with Crippen LogP contribution >= 0.6 is 0 Å². The van der Waals surface area contributed by atoms with Crippen LogP contribution in [-0.2, 0) is 11.2 Å². The maximum atomic E-state index is 11.7. The van der Waals surface area contributed by atoms with E-state index in [1.165, 1.54) is 11.3 Å². The van der Waals surface area contributed by atoms with Crippen molar-refractivity contribution in [2.75, 3.05) is 31.6 Å². The van der Waals surface area contributed by atoms with Crippen LogP contribution in [0.4, 0.5) is 5.69 Å². The van der Waals surface area contributed by atoms with Crippen LogP contribution in [-0.4, -0.2) is 37.5 Å². The van der Waals surface area contributed by atoms with E-state index in [1.54, 1.807) is 4.90 Å². The summed E-state index contributed by atoms with van der Waals surface area (Å²) in [5.41, 5.74) is 2.53. The molecule has 1 fully saturated rings. The summed E-state index contributed by atoms with van der Waals surface area (Å²) in [6.45, 7) is 4.40. The second-order valence-electron chi connectivity index (χ2n) is 4.22. The van der Waals surface area contributed by atoms with Gasteiger partial charge < -0.3 is 9.80 Å². The fourth-order valence-electron chi connectivity index (χ4n) is 2.08. The third-order valence-corrected chi connectivity index (χ3v) is 3.17. The first-order chi connectivity index (χ1) is 7.72. The molecule has 0 spiro atoms. The van der Waals surface area contributed by atoms with Gasteiger partial charge in [0.15, 0.2) is 0 Å². The summed E-state index contributed by atoms with van der Waals surface area (Å²) in [4.78, 5) is 15.6. The zero-order chi connectivity index (χ0) is 11.5. The van der Waals surface area contributed by atoms with Gasteiger partial charge in [-0.1, -0.05) is 25.1 Å². The Labute approximate surface area is 96.7 Å². The van der Waals surface area contributed by atoms with Crippen molar-refractivity contribution < 1.29 is 4.79 Å². The molecule has 1 saturated heterocycles. The minimum Gasteiger partial charge on any atom is -0.360 e. The minimum atomic E-state index is 0.206. The van der Waals surface area contributed by atoms with Crippen LogP contribution in [0.2, 0.25) is 0 Å². The van der Waals surface area contributed by atoms with Crippen molar-refractivity contribution in [3.05, 3.63) is 29.8 Å². The molecule has 0 bridgehead atoms. The quantitative estimate of drug-likeness (QED) is 0.751. The Balaban J connectivity index is 2.21. The van der Waals surface area contributed by atoms with Gasteiger partial charge in [-0.05, 0) is 18.1 Å². The minimum absolute atomic E-state index is 0.206. The Kier molecular flexibility index (Phi) is 3.13. The third-order valence-electron chi connectivity index (χ3n) is 3.17. The summed E-state index contributed by atoms with van der Waals surface area (Å²) >= 11 is 0. The zero-order valence-corrected chi connectivity index (χ0v) is 9.94. The molecule has 3 heteroatoms. The van der Waals surface area contributed by atoms with Crippen LogP contribution in [0.25, 0.3) is 0 Å². The topological polar surface area (TPSA) is 23.6 Å². The normalized spacial score (nSPS) is 16.8. The first-order valence-electron chi connectivity index (χ1n) is 5.79. The number of hydrogen-bond acceptors (Lipinski definition) is 2. The van der Waals surface area contributed by atoms with Gasteiger partial charge >= 0.3 is 0 Å². The SMILES string of the molecule is CCc1ccccc1N1CCN(C)C(=O)C1. The molecule has 0 saturated carbocycles. The Bertz CT molecular complexity index is 389. The number of likely N-dealkylation sites (N-methyl/N-ethyl adjacent to an activating group) is 1. The van der Waals surface area contributed by atoms with E-state index in [0.717, 1.165) is 19.5 Å². The summed E-state index contributed by atoms with van der Waals surface area (Å²) < 4.78 is 0. The van der Waals surface area contributed by atoms with E-state index >= 15 is 0 Å². The highest BCUT2D eigenvalue weighted by molar-refractivity contribution is 5.82. The molecule has 0 aromatic heterocycles. The van der Waals surface area contributed by atoms with Gasteiger partial charge in [0.05, 0.1) is 6.54 Å². The van der Waals surface area contributed by atoms with Gasteiger partial charge in [-0.25, -0.2) is 0 Å². The number of aryl methyl sites for hydroxylation is 1.